The van der Waals surface area contributed by atoms with E-state index in [4.69, 9.17) is 11.6 Å². The van der Waals surface area contributed by atoms with E-state index >= 15 is 0 Å². The van der Waals surface area contributed by atoms with E-state index in [-0.39, 0.29) is 22.6 Å². The molecule has 3 heterocycles. The Morgan fingerprint density at radius 3 is 2.43 bits per heavy atom. The number of hydrogen-bond acceptors (Lipinski definition) is 5. The number of amides is 2. The predicted molar refractivity (Wildman–Crippen MR) is 120 cm³/mol. The first-order chi connectivity index (χ1) is 14.5. The van der Waals surface area contributed by atoms with Gasteiger partial charge in [0.05, 0.1) is 16.6 Å². The number of anilines is 1. The van der Waals surface area contributed by atoms with Gasteiger partial charge in [0.2, 0.25) is 11.8 Å². The minimum atomic E-state index is -0.587. The topological polar surface area (TPSA) is 70.2 Å². The van der Waals surface area contributed by atoms with Crippen molar-refractivity contribution in [1.82, 2.24) is 4.98 Å². The summed E-state index contributed by atoms with van der Waals surface area (Å²) in [4.78, 5) is 43.3. The Kier molecular flexibility index (Phi) is 4.89. The van der Waals surface area contributed by atoms with E-state index in [9.17, 15) is 14.4 Å². The largest absolute Gasteiger partial charge is 0.307 e. The first-order valence-electron chi connectivity index (χ1n) is 9.29. The second-order valence-corrected chi connectivity index (χ2v) is 9.66. The van der Waals surface area contributed by atoms with Crippen molar-refractivity contribution in [1.29, 1.82) is 0 Å². The number of H-pyrrole nitrogens is 1. The molecule has 150 valence electrons. The molecule has 0 spiro atoms. The minimum Gasteiger partial charge on any atom is -0.307 e. The summed E-state index contributed by atoms with van der Waals surface area (Å²) in [5.74, 6) is -1.46. The van der Waals surface area contributed by atoms with Crippen LogP contribution in [0.5, 0.6) is 0 Å². The highest BCUT2D eigenvalue weighted by Crippen LogP contribution is 2.51. The number of rotatable bonds is 3. The van der Waals surface area contributed by atoms with Gasteiger partial charge in [-0.05, 0) is 29.8 Å². The molecule has 3 aromatic rings. The van der Waals surface area contributed by atoms with Gasteiger partial charge >= 0.3 is 4.87 Å². The molecule has 0 saturated carbocycles. The molecule has 2 amide bonds. The van der Waals surface area contributed by atoms with Gasteiger partial charge in [0.15, 0.2) is 0 Å². The zero-order valence-corrected chi connectivity index (χ0v) is 17.8. The van der Waals surface area contributed by atoms with Gasteiger partial charge in [-0.15, -0.1) is 0 Å². The number of imide groups is 1. The number of nitrogens with zero attached hydrogens (tertiary/aromatic N) is 1. The van der Waals surface area contributed by atoms with Crippen molar-refractivity contribution in [3.8, 4) is 0 Å². The van der Waals surface area contributed by atoms with E-state index in [1.165, 1.54) is 16.7 Å². The molecule has 2 aliphatic rings. The van der Waals surface area contributed by atoms with E-state index in [0.717, 1.165) is 21.8 Å². The maximum absolute atomic E-state index is 13.4. The molecular formula is C22H15ClN2O3S2. The van der Waals surface area contributed by atoms with Crippen molar-refractivity contribution in [3.63, 3.8) is 0 Å². The average molecular weight is 455 g/mol. The zero-order valence-electron chi connectivity index (χ0n) is 15.4. The second kappa shape index (κ2) is 7.58. The molecule has 5 rings (SSSR count). The second-order valence-electron chi connectivity index (χ2n) is 7.06. The highest BCUT2D eigenvalue weighted by Gasteiger charge is 2.55. The molecule has 0 aliphatic carbocycles. The summed E-state index contributed by atoms with van der Waals surface area (Å²) in [5.41, 5.74) is 1.50. The third-order valence-corrected chi connectivity index (χ3v) is 7.92. The van der Waals surface area contributed by atoms with Crippen LogP contribution in [0.25, 0.3) is 6.08 Å². The number of aromatic amines is 1. The van der Waals surface area contributed by atoms with Gasteiger partial charge < -0.3 is 4.98 Å². The molecule has 1 saturated heterocycles. The number of halogens is 1. The number of nitrogens with one attached hydrogen (secondary N) is 1. The Morgan fingerprint density at radius 1 is 0.967 bits per heavy atom. The quantitative estimate of drug-likeness (QED) is 0.589. The van der Waals surface area contributed by atoms with Crippen LogP contribution in [0.4, 0.5) is 5.69 Å². The lowest BCUT2D eigenvalue weighted by atomic mass is 9.88. The Morgan fingerprint density at radius 2 is 1.70 bits per heavy atom. The molecule has 2 aromatic carbocycles. The summed E-state index contributed by atoms with van der Waals surface area (Å²) in [6, 6.07) is 16.4. The summed E-state index contributed by atoms with van der Waals surface area (Å²) in [6.07, 6.45) is 3.88. The van der Waals surface area contributed by atoms with Crippen molar-refractivity contribution in [2.75, 3.05) is 4.90 Å². The van der Waals surface area contributed by atoms with Gasteiger partial charge in [-0.25, -0.2) is 4.90 Å². The molecular weight excluding hydrogens is 440 g/mol. The molecule has 2 aliphatic heterocycles. The smallest absolute Gasteiger partial charge is 0.305 e. The summed E-state index contributed by atoms with van der Waals surface area (Å²) in [5, 5.41) is 0.623. The fourth-order valence-corrected chi connectivity index (χ4v) is 6.50. The number of thiazole rings is 1. The fourth-order valence-electron chi connectivity index (χ4n) is 3.89. The summed E-state index contributed by atoms with van der Waals surface area (Å²) in [7, 11) is 0. The highest BCUT2D eigenvalue weighted by atomic mass is 35.5. The van der Waals surface area contributed by atoms with E-state index < -0.39 is 11.2 Å². The van der Waals surface area contributed by atoms with Crippen LogP contribution in [-0.4, -0.2) is 22.0 Å². The fraction of sp³-hybridized carbons (Fsp3) is 0.136. The van der Waals surface area contributed by atoms with Gasteiger partial charge in [0.1, 0.15) is 5.25 Å². The maximum atomic E-state index is 13.4. The van der Waals surface area contributed by atoms with E-state index in [1.807, 2.05) is 42.5 Å². The van der Waals surface area contributed by atoms with E-state index in [2.05, 4.69) is 4.98 Å². The normalized spacial score (nSPS) is 23.1. The SMILES string of the molecule is O=C1[C@H]2[C@H](Sc3[nH]c(=O)sc3[C@@H]2/C=C/c2ccccc2)C(=O)N1c1ccc(Cl)cc1. The monoisotopic (exact) mass is 454 g/mol. The number of carbonyl (C=O) groups excluding carboxylic acids is 2. The van der Waals surface area contributed by atoms with E-state index in [1.54, 1.807) is 24.3 Å². The first kappa shape index (κ1) is 19.4. The van der Waals surface area contributed by atoms with Gasteiger partial charge in [-0.1, -0.05) is 77.2 Å². The minimum absolute atomic E-state index is 0.181. The number of aromatic nitrogens is 1. The Bertz CT molecular complexity index is 1220. The van der Waals surface area contributed by atoms with Gasteiger partial charge in [0.25, 0.3) is 0 Å². The standard InChI is InChI=1S/C22H15ClN2O3S2/c23-13-7-9-14(10-8-13)25-20(26)16-15(11-6-12-4-2-1-3-5-12)17-19(24-22(28)30-17)29-18(16)21(25)27/h1-11,15-16,18H,(H,24,28)/b11-6+/t15-,16-,18+/m1/s1. The Hall–Kier alpha value is -2.61. The number of hydrogen-bond donors (Lipinski definition) is 1. The van der Waals surface area contributed by atoms with Crippen LogP contribution in [0.2, 0.25) is 5.02 Å². The summed E-state index contributed by atoms with van der Waals surface area (Å²) < 4.78 is 0. The molecule has 0 bridgehead atoms. The van der Waals surface area contributed by atoms with Gasteiger partial charge in [-0.2, -0.15) is 0 Å². The molecule has 3 atom stereocenters. The average Bonchev–Trinajstić information content (AvgIpc) is 3.24. The molecule has 5 nitrogen and oxygen atoms in total. The van der Waals surface area contributed by atoms with Crippen LogP contribution in [0, 0.1) is 5.92 Å². The molecule has 0 radical (unpaired) electrons. The molecule has 1 aromatic heterocycles. The first-order valence-corrected chi connectivity index (χ1v) is 11.4. The summed E-state index contributed by atoms with van der Waals surface area (Å²) >= 11 is 8.33. The van der Waals surface area contributed by atoms with Crippen LogP contribution in [0.3, 0.4) is 0 Å². The van der Waals surface area contributed by atoms with Crippen LogP contribution in [0.1, 0.15) is 16.4 Å². The number of carbonyl (C=O) groups is 2. The molecule has 30 heavy (non-hydrogen) atoms. The summed E-state index contributed by atoms with van der Waals surface area (Å²) in [6.45, 7) is 0. The van der Waals surface area contributed by atoms with Crippen molar-refractivity contribution >= 4 is 58.3 Å². The van der Waals surface area contributed by atoms with Crippen LogP contribution in [0.15, 0.2) is 70.5 Å². The van der Waals surface area contributed by atoms with Crippen LogP contribution in [-0.2, 0) is 9.59 Å². The molecule has 1 N–H and O–H groups in total. The lowest BCUT2D eigenvalue weighted by molar-refractivity contribution is -0.122. The van der Waals surface area contributed by atoms with Crippen molar-refractivity contribution in [2.45, 2.75) is 16.2 Å². The molecule has 1 fully saturated rings. The molecule has 0 unspecified atom stereocenters. The van der Waals surface area contributed by atoms with Crippen LogP contribution >= 0.6 is 34.7 Å². The number of allylic oxidation sites excluding steroid dienone is 1. The zero-order chi connectivity index (χ0) is 20.8. The van der Waals surface area contributed by atoms with Crippen molar-refractivity contribution < 1.29 is 9.59 Å². The third kappa shape index (κ3) is 3.23. The number of benzene rings is 2. The lowest BCUT2D eigenvalue weighted by Crippen LogP contribution is -2.31. The van der Waals surface area contributed by atoms with Gasteiger partial charge in [-0.3, -0.25) is 14.4 Å². The lowest BCUT2D eigenvalue weighted by Gasteiger charge is -2.27. The molecule has 8 heteroatoms. The third-order valence-electron chi connectivity index (χ3n) is 5.25. The van der Waals surface area contributed by atoms with Crippen molar-refractivity contribution in [2.24, 2.45) is 5.92 Å². The van der Waals surface area contributed by atoms with E-state index in [0.29, 0.717) is 15.7 Å². The van der Waals surface area contributed by atoms with Crippen molar-refractivity contribution in [3.05, 3.63) is 85.8 Å². The highest BCUT2D eigenvalue weighted by molar-refractivity contribution is 8.00. The number of fused-ring (bicyclic) bond motifs is 2. The Labute approximate surface area is 185 Å². The maximum Gasteiger partial charge on any atom is 0.305 e. The number of thioether (sulfide) groups is 1. The van der Waals surface area contributed by atoms with Gasteiger partial charge in [0, 0.05) is 15.8 Å². The Balaban J connectivity index is 1.57. The predicted octanol–water partition coefficient (Wildman–Crippen LogP) is 4.55. The van der Waals surface area contributed by atoms with Crippen LogP contribution < -0.4 is 9.77 Å².